The summed E-state index contributed by atoms with van der Waals surface area (Å²) in [6.07, 6.45) is 0.662. The van der Waals surface area contributed by atoms with Crippen molar-refractivity contribution in [3.8, 4) is 0 Å². The van der Waals surface area contributed by atoms with E-state index in [0.717, 1.165) is 37.3 Å². The summed E-state index contributed by atoms with van der Waals surface area (Å²) in [7, 11) is 0. The second-order valence-corrected chi connectivity index (χ2v) is 7.08. The van der Waals surface area contributed by atoms with Gasteiger partial charge in [0.1, 0.15) is 0 Å². The standard InChI is InChI=1S/C21H20F3N3O/c22-21(23,24)16-11-5-4-10-15(16)19(28)26-20-25-17-12-6-7-13-18(17)27(20)14-8-2-1-3-9-14/h4-7,10-14H,1-3,8-9H2,(H,25,26,28). The van der Waals surface area contributed by atoms with Gasteiger partial charge in [-0.2, -0.15) is 13.2 Å². The summed E-state index contributed by atoms with van der Waals surface area (Å²) in [6, 6.07) is 12.5. The lowest BCUT2D eigenvalue weighted by Gasteiger charge is -2.25. The summed E-state index contributed by atoms with van der Waals surface area (Å²) >= 11 is 0. The van der Waals surface area contributed by atoms with Crippen molar-refractivity contribution in [1.82, 2.24) is 9.55 Å². The van der Waals surface area contributed by atoms with Gasteiger partial charge in [-0.1, -0.05) is 43.5 Å². The number of hydrogen-bond acceptors (Lipinski definition) is 2. The maximum absolute atomic E-state index is 13.3. The van der Waals surface area contributed by atoms with Crippen molar-refractivity contribution < 1.29 is 18.0 Å². The quantitative estimate of drug-likeness (QED) is 0.616. The molecule has 2 aromatic carbocycles. The molecule has 0 unspecified atom stereocenters. The van der Waals surface area contributed by atoms with Crippen LogP contribution in [0.2, 0.25) is 0 Å². The molecule has 1 saturated carbocycles. The number of hydrogen-bond donors (Lipinski definition) is 1. The molecule has 0 saturated heterocycles. The number of fused-ring (bicyclic) bond motifs is 1. The summed E-state index contributed by atoms with van der Waals surface area (Å²) in [4.78, 5) is 17.2. The average molecular weight is 387 g/mol. The van der Waals surface area contributed by atoms with Crippen LogP contribution in [0.4, 0.5) is 19.1 Å². The molecule has 0 spiro atoms. The molecule has 1 heterocycles. The van der Waals surface area contributed by atoms with Crippen LogP contribution in [0.5, 0.6) is 0 Å². The highest BCUT2D eigenvalue weighted by Gasteiger charge is 2.35. The second kappa shape index (κ2) is 7.30. The van der Waals surface area contributed by atoms with Gasteiger partial charge in [0.15, 0.2) is 0 Å². The predicted molar refractivity (Wildman–Crippen MR) is 101 cm³/mol. The van der Waals surface area contributed by atoms with E-state index in [1.54, 1.807) is 0 Å². The van der Waals surface area contributed by atoms with E-state index in [-0.39, 0.29) is 6.04 Å². The Kier molecular flexibility index (Phi) is 4.83. The molecular formula is C21H20F3N3O. The molecule has 0 bridgehead atoms. The minimum Gasteiger partial charge on any atom is -0.307 e. The van der Waals surface area contributed by atoms with Gasteiger partial charge >= 0.3 is 6.18 Å². The number of rotatable bonds is 3. The molecule has 1 amide bonds. The molecule has 0 aliphatic heterocycles. The van der Waals surface area contributed by atoms with E-state index >= 15 is 0 Å². The van der Waals surface area contributed by atoms with Crippen molar-refractivity contribution >= 4 is 22.9 Å². The molecule has 0 radical (unpaired) electrons. The van der Waals surface area contributed by atoms with Crippen LogP contribution < -0.4 is 5.32 Å². The van der Waals surface area contributed by atoms with Gasteiger partial charge in [-0.05, 0) is 37.1 Å². The smallest absolute Gasteiger partial charge is 0.307 e. The summed E-state index contributed by atoms with van der Waals surface area (Å²) in [5.41, 5.74) is 0.242. The van der Waals surface area contributed by atoms with Crippen molar-refractivity contribution in [3.05, 3.63) is 59.7 Å². The van der Waals surface area contributed by atoms with E-state index in [2.05, 4.69) is 10.3 Å². The van der Waals surface area contributed by atoms with Crippen LogP contribution in [0, 0.1) is 0 Å². The molecule has 28 heavy (non-hydrogen) atoms. The Morgan fingerprint density at radius 3 is 2.43 bits per heavy atom. The van der Waals surface area contributed by atoms with Crippen LogP contribution in [0.15, 0.2) is 48.5 Å². The molecule has 3 aromatic rings. The first-order valence-corrected chi connectivity index (χ1v) is 9.39. The maximum atomic E-state index is 13.3. The minimum absolute atomic E-state index is 0.175. The van der Waals surface area contributed by atoms with Crippen molar-refractivity contribution in [3.63, 3.8) is 0 Å². The fourth-order valence-corrected chi connectivity index (χ4v) is 3.94. The van der Waals surface area contributed by atoms with Gasteiger partial charge in [0, 0.05) is 6.04 Å². The molecular weight excluding hydrogens is 367 g/mol. The zero-order chi connectivity index (χ0) is 19.7. The molecule has 1 fully saturated rings. The number of amides is 1. The summed E-state index contributed by atoms with van der Waals surface area (Å²) in [6.45, 7) is 0. The highest BCUT2D eigenvalue weighted by atomic mass is 19.4. The lowest BCUT2D eigenvalue weighted by molar-refractivity contribution is -0.137. The van der Waals surface area contributed by atoms with Crippen LogP contribution >= 0.6 is 0 Å². The van der Waals surface area contributed by atoms with Crippen molar-refractivity contribution in [2.45, 2.75) is 44.3 Å². The molecule has 1 aliphatic rings. The number of aromatic nitrogens is 2. The SMILES string of the molecule is O=C(Nc1nc2ccccc2n1C1CCCCC1)c1ccccc1C(F)(F)F. The van der Waals surface area contributed by atoms with Crippen LogP contribution in [-0.4, -0.2) is 15.5 Å². The van der Waals surface area contributed by atoms with E-state index in [4.69, 9.17) is 0 Å². The first-order chi connectivity index (χ1) is 13.4. The van der Waals surface area contributed by atoms with E-state index in [1.807, 2.05) is 28.8 Å². The Labute approximate surface area is 160 Å². The average Bonchev–Trinajstić information content (AvgIpc) is 3.05. The topological polar surface area (TPSA) is 46.9 Å². The summed E-state index contributed by atoms with van der Waals surface area (Å²) in [5.74, 6) is -0.504. The van der Waals surface area contributed by atoms with Gasteiger partial charge in [-0.15, -0.1) is 0 Å². The van der Waals surface area contributed by atoms with Crippen LogP contribution in [0.1, 0.15) is 54.1 Å². The van der Waals surface area contributed by atoms with Crippen molar-refractivity contribution in [1.29, 1.82) is 0 Å². The van der Waals surface area contributed by atoms with E-state index in [9.17, 15) is 18.0 Å². The Morgan fingerprint density at radius 2 is 1.68 bits per heavy atom. The lowest BCUT2D eigenvalue weighted by Crippen LogP contribution is -2.22. The highest BCUT2D eigenvalue weighted by Crippen LogP contribution is 2.35. The van der Waals surface area contributed by atoms with Crippen LogP contribution in [-0.2, 0) is 6.18 Å². The molecule has 1 aliphatic carbocycles. The first-order valence-electron chi connectivity index (χ1n) is 9.39. The number of nitrogens with zero attached hydrogens (tertiary/aromatic N) is 2. The molecule has 1 aromatic heterocycles. The van der Waals surface area contributed by atoms with Crippen LogP contribution in [0.25, 0.3) is 11.0 Å². The number of carbonyl (C=O) groups excluding carboxylic acids is 1. The summed E-state index contributed by atoms with van der Waals surface area (Å²) < 4.78 is 41.8. The Hall–Kier alpha value is -2.83. The summed E-state index contributed by atoms with van der Waals surface area (Å²) in [5, 5.41) is 2.64. The number of imidazole rings is 1. The van der Waals surface area contributed by atoms with Gasteiger partial charge in [-0.25, -0.2) is 4.98 Å². The number of para-hydroxylation sites is 2. The third-order valence-corrected chi connectivity index (χ3v) is 5.24. The van der Waals surface area contributed by atoms with Gasteiger partial charge in [0.25, 0.3) is 5.91 Å². The monoisotopic (exact) mass is 387 g/mol. The van der Waals surface area contributed by atoms with E-state index < -0.39 is 23.2 Å². The number of benzene rings is 2. The Balaban J connectivity index is 1.73. The first kappa shape index (κ1) is 18.5. The molecule has 1 N–H and O–H groups in total. The van der Waals surface area contributed by atoms with E-state index in [0.29, 0.717) is 11.5 Å². The van der Waals surface area contributed by atoms with Gasteiger partial charge in [-0.3, -0.25) is 10.1 Å². The van der Waals surface area contributed by atoms with Crippen molar-refractivity contribution in [2.24, 2.45) is 0 Å². The lowest BCUT2D eigenvalue weighted by atomic mass is 9.95. The van der Waals surface area contributed by atoms with Gasteiger partial charge in [0.2, 0.25) is 5.95 Å². The third kappa shape index (κ3) is 3.48. The van der Waals surface area contributed by atoms with Gasteiger partial charge in [0.05, 0.1) is 22.2 Å². The van der Waals surface area contributed by atoms with Crippen molar-refractivity contribution in [2.75, 3.05) is 5.32 Å². The molecule has 7 heteroatoms. The largest absolute Gasteiger partial charge is 0.417 e. The number of halogens is 3. The minimum atomic E-state index is -4.60. The van der Waals surface area contributed by atoms with Gasteiger partial charge < -0.3 is 4.57 Å². The second-order valence-electron chi connectivity index (χ2n) is 7.08. The number of carbonyl (C=O) groups is 1. The molecule has 146 valence electrons. The predicted octanol–water partition coefficient (Wildman–Crippen LogP) is 5.81. The molecule has 4 rings (SSSR count). The zero-order valence-corrected chi connectivity index (χ0v) is 15.2. The van der Waals surface area contributed by atoms with Crippen LogP contribution in [0.3, 0.4) is 0 Å². The number of nitrogens with one attached hydrogen (secondary N) is 1. The normalized spacial score (nSPS) is 15.7. The fraction of sp³-hybridized carbons (Fsp3) is 0.333. The van der Waals surface area contributed by atoms with E-state index in [1.165, 1.54) is 24.6 Å². The Morgan fingerprint density at radius 1 is 1.00 bits per heavy atom. The number of alkyl halides is 3. The molecule has 4 nitrogen and oxygen atoms in total. The third-order valence-electron chi connectivity index (χ3n) is 5.24. The fourth-order valence-electron chi connectivity index (χ4n) is 3.94. The highest BCUT2D eigenvalue weighted by molar-refractivity contribution is 6.05. The Bertz CT molecular complexity index is 1000. The maximum Gasteiger partial charge on any atom is 0.417 e. The number of anilines is 1. The zero-order valence-electron chi connectivity index (χ0n) is 15.2. The molecule has 0 atom stereocenters.